The summed E-state index contributed by atoms with van der Waals surface area (Å²) in [6, 6.07) is 12.8. The quantitative estimate of drug-likeness (QED) is 0.884. The molecule has 0 aliphatic rings. The first-order chi connectivity index (χ1) is 9.97. The summed E-state index contributed by atoms with van der Waals surface area (Å²) in [5, 5.41) is 12.8. The number of aromatic hydroxyl groups is 1. The lowest BCUT2D eigenvalue weighted by Crippen LogP contribution is -2.22. The predicted octanol–water partition coefficient (Wildman–Crippen LogP) is 3.75. The van der Waals surface area contributed by atoms with Crippen molar-refractivity contribution in [1.82, 2.24) is 0 Å². The fourth-order valence-electron chi connectivity index (χ4n) is 1.88. The number of phenolic OH excluding ortho intramolecular Hbond substituents is 1. The normalized spacial score (nSPS) is 10.2. The van der Waals surface area contributed by atoms with Gasteiger partial charge in [-0.15, -0.1) is 0 Å². The van der Waals surface area contributed by atoms with E-state index in [4.69, 9.17) is 0 Å². The van der Waals surface area contributed by atoms with Gasteiger partial charge in [-0.3, -0.25) is 4.79 Å². The number of phenols is 1. The molecule has 0 fully saturated rings. The lowest BCUT2D eigenvalue weighted by molar-refractivity contribution is -0.116. The molecule has 0 unspecified atom stereocenters. The maximum absolute atomic E-state index is 11.3. The highest BCUT2D eigenvalue weighted by atomic mass is 79.9. The standard InChI is InChI=1S/C16H17BrN2O2/c1-11(20)19(2)14-5-3-13(4-6-14)18-10-12-9-15(21)7-8-16(12)17/h3-9,18,21H,10H2,1-2H3. The highest BCUT2D eigenvalue weighted by Crippen LogP contribution is 2.23. The van der Waals surface area contributed by atoms with E-state index in [-0.39, 0.29) is 11.7 Å². The fourth-order valence-corrected chi connectivity index (χ4v) is 2.27. The fraction of sp³-hybridized carbons (Fsp3) is 0.188. The number of carbonyl (C=O) groups is 1. The lowest BCUT2D eigenvalue weighted by Gasteiger charge is -2.15. The van der Waals surface area contributed by atoms with Gasteiger partial charge < -0.3 is 15.3 Å². The Balaban J connectivity index is 2.04. The monoisotopic (exact) mass is 348 g/mol. The number of anilines is 2. The van der Waals surface area contributed by atoms with Crippen molar-refractivity contribution in [3.05, 3.63) is 52.5 Å². The van der Waals surface area contributed by atoms with Crippen LogP contribution in [-0.4, -0.2) is 18.1 Å². The zero-order valence-electron chi connectivity index (χ0n) is 11.9. The van der Waals surface area contributed by atoms with Crippen molar-refractivity contribution in [3.63, 3.8) is 0 Å². The SMILES string of the molecule is CC(=O)N(C)c1ccc(NCc2cc(O)ccc2Br)cc1. The second-order valence-electron chi connectivity index (χ2n) is 4.75. The first-order valence-electron chi connectivity index (χ1n) is 6.53. The average molecular weight is 349 g/mol. The number of carbonyl (C=O) groups excluding carboxylic acids is 1. The van der Waals surface area contributed by atoms with Gasteiger partial charge in [0, 0.05) is 36.4 Å². The van der Waals surface area contributed by atoms with Crippen LogP contribution < -0.4 is 10.2 Å². The Hall–Kier alpha value is -2.01. The molecule has 0 bridgehead atoms. The Labute approximate surface area is 132 Å². The van der Waals surface area contributed by atoms with Gasteiger partial charge in [-0.05, 0) is 48.0 Å². The summed E-state index contributed by atoms with van der Waals surface area (Å²) in [4.78, 5) is 12.9. The summed E-state index contributed by atoms with van der Waals surface area (Å²) < 4.78 is 0.945. The molecule has 0 aromatic heterocycles. The largest absolute Gasteiger partial charge is 0.508 e. The van der Waals surface area contributed by atoms with E-state index in [1.54, 1.807) is 24.1 Å². The minimum atomic E-state index is -0.000555. The molecule has 110 valence electrons. The van der Waals surface area contributed by atoms with Crippen molar-refractivity contribution < 1.29 is 9.90 Å². The topological polar surface area (TPSA) is 52.6 Å². The third kappa shape index (κ3) is 3.98. The van der Waals surface area contributed by atoms with E-state index >= 15 is 0 Å². The molecule has 0 saturated carbocycles. The van der Waals surface area contributed by atoms with Gasteiger partial charge in [-0.2, -0.15) is 0 Å². The molecule has 0 aliphatic carbocycles. The van der Waals surface area contributed by atoms with E-state index in [0.717, 1.165) is 21.4 Å². The van der Waals surface area contributed by atoms with Crippen LogP contribution in [0.5, 0.6) is 5.75 Å². The second-order valence-corrected chi connectivity index (χ2v) is 5.61. The smallest absolute Gasteiger partial charge is 0.223 e. The Morgan fingerprint density at radius 3 is 2.52 bits per heavy atom. The summed E-state index contributed by atoms with van der Waals surface area (Å²) >= 11 is 3.46. The van der Waals surface area contributed by atoms with Crippen molar-refractivity contribution in [3.8, 4) is 5.75 Å². The van der Waals surface area contributed by atoms with Crippen LogP contribution in [-0.2, 0) is 11.3 Å². The van der Waals surface area contributed by atoms with Crippen LogP contribution in [0.15, 0.2) is 46.9 Å². The number of nitrogens with zero attached hydrogens (tertiary/aromatic N) is 1. The molecule has 0 saturated heterocycles. The molecule has 2 rings (SSSR count). The Morgan fingerprint density at radius 1 is 1.24 bits per heavy atom. The highest BCUT2D eigenvalue weighted by molar-refractivity contribution is 9.10. The van der Waals surface area contributed by atoms with Crippen molar-refractivity contribution in [2.75, 3.05) is 17.3 Å². The van der Waals surface area contributed by atoms with Crippen LogP contribution in [0.3, 0.4) is 0 Å². The maximum atomic E-state index is 11.3. The number of nitrogens with one attached hydrogen (secondary N) is 1. The molecule has 0 radical (unpaired) electrons. The zero-order chi connectivity index (χ0) is 15.4. The second kappa shape index (κ2) is 6.63. The molecule has 0 atom stereocenters. The number of hydrogen-bond acceptors (Lipinski definition) is 3. The lowest BCUT2D eigenvalue weighted by atomic mass is 10.2. The first-order valence-corrected chi connectivity index (χ1v) is 7.32. The molecule has 0 heterocycles. The van der Waals surface area contributed by atoms with E-state index < -0.39 is 0 Å². The van der Waals surface area contributed by atoms with Gasteiger partial charge in [0.1, 0.15) is 5.75 Å². The van der Waals surface area contributed by atoms with E-state index in [1.807, 2.05) is 30.3 Å². The third-order valence-electron chi connectivity index (χ3n) is 3.24. The number of hydrogen-bond donors (Lipinski definition) is 2. The zero-order valence-corrected chi connectivity index (χ0v) is 13.5. The van der Waals surface area contributed by atoms with Crippen LogP contribution in [0.4, 0.5) is 11.4 Å². The average Bonchev–Trinajstić information content (AvgIpc) is 2.48. The van der Waals surface area contributed by atoms with Gasteiger partial charge in [0.25, 0.3) is 0 Å². The summed E-state index contributed by atoms with van der Waals surface area (Å²) in [5.74, 6) is 0.243. The summed E-state index contributed by atoms with van der Waals surface area (Å²) in [5.41, 5.74) is 2.78. The number of halogens is 1. The minimum absolute atomic E-state index is 0.000555. The molecular formula is C16H17BrN2O2. The first kappa shape index (κ1) is 15.4. The number of rotatable bonds is 4. The van der Waals surface area contributed by atoms with Crippen molar-refractivity contribution in [1.29, 1.82) is 0 Å². The Morgan fingerprint density at radius 2 is 1.90 bits per heavy atom. The Bertz CT molecular complexity index is 641. The van der Waals surface area contributed by atoms with Gasteiger partial charge in [0.05, 0.1) is 0 Å². The molecule has 0 spiro atoms. The highest BCUT2D eigenvalue weighted by Gasteiger charge is 2.05. The van der Waals surface area contributed by atoms with Crippen molar-refractivity contribution in [2.45, 2.75) is 13.5 Å². The summed E-state index contributed by atoms with van der Waals surface area (Å²) in [7, 11) is 1.74. The maximum Gasteiger partial charge on any atom is 0.223 e. The molecule has 0 aliphatic heterocycles. The number of amides is 1. The van der Waals surface area contributed by atoms with Crippen molar-refractivity contribution in [2.24, 2.45) is 0 Å². The van der Waals surface area contributed by atoms with E-state index in [9.17, 15) is 9.90 Å². The minimum Gasteiger partial charge on any atom is -0.508 e. The van der Waals surface area contributed by atoms with E-state index in [0.29, 0.717) is 6.54 Å². The van der Waals surface area contributed by atoms with Crippen LogP contribution in [0.25, 0.3) is 0 Å². The van der Waals surface area contributed by atoms with Crippen LogP contribution in [0.2, 0.25) is 0 Å². The summed E-state index contributed by atoms with van der Waals surface area (Å²) in [6.45, 7) is 2.13. The van der Waals surface area contributed by atoms with Gasteiger partial charge >= 0.3 is 0 Å². The molecule has 5 heteroatoms. The van der Waals surface area contributed by atoms with Crippen molar-refractivity contribution >= 4 is 33.2 Å². The molecule has 21 heavy (non-hydrogen) atoms. The van der Waals surface area contributed by atoms with Gasteiger partial charge in [-0.1, -0.05) is 15.9 Å². The van der Waals surface area contributed by atoms with Gasteiger partial charge in [-0.25, -0.2) is 0 Å². The summed E-state index contributed by atoms with van der Waals surface area (Å²) in [6.07, 6.45) is 0. The molecular weight excluding hydrogens is 332 g/mol. The van der Waals surface area contributed by atoms with Gasteiger partial charge in [0.15, 0.2) is 0 Å². The third-order valence-corrected chi connectivity index (χ3v) is 4.01. The molecule has 2 aromatic rings. The molecule has 2 aromatic carbocycles. The number of benzene rings is 2. The van der Waals surface area contributed by atoms with Crippen LogP contribution >= 0.6 is 15.9 Å². The molecule has 4 nitrogen and oxygen atoms in total. The van der Waals surface area contributed by atoms with Gasteiger partial charge in [0.2, 0.25) is 5.91 Å². The van der Waals surface area contributed by atoms with E-state index in [2.05, 4.69) is 21.2 Å². The predicted molar refractivity (Wildman–Crippen MR) is 88.7 cm³/mol. The van der Waals surface area contributed by atoms with E-state index in [1.165, 1.54) is 6.92 Å². The molecule has 1 amide bonds. The molecule has 2 N–H and O–H groups in total. The van der Waals surface area contributed by atoms with Crippen LogP contribution in [0.1, 0.15) is 12.5 Å². The Kier molecular flexibility index (Phi) is 4.85. The van der Waals surface area contributed by atoms with Crippen LogP contribution in [0, 0.1) is 0 Å².